The van der Waals surface area contributed by atoms with E-state index in [0.29, 0.717) is 11.3 Å². The molecule has 4 rings (SSSR count). The summed E-state index contributed by atoms with van der Waals surface area (Å²) in [5.41, 5.74) is 2.09. The van der Waals surface area contributed by atoms with Crippen molar-refractivity contribution in [3.63, 3.8) is 0 Å². The maximum absolute atomic E-state index is 14.0. The number of nitrogens with zero attached hydrogens (tertiary/aromatic N) is 2. The Balaban J connectivity index is 1.88. The van der Waals surface area contributed by atoms with Gasteiger partial charge >= 0.3 is 0 Å². The van der Waals surface area contributed by atoms with Crippen molar-refractivity contribution in [1.82, 2.24) is 10.2 Å². The number of benzene rings is 1. The van der Waals surface area contributed by atoms with Gasteiger partial charge in [-0.1, -0.05) is 0 Å². The fraction of sp³-hybridized carbons (Fsp3) is 0.481. The van der Waals surface area contributed by atoms with E-state index in [0.717, 1.165) is 0 Å². The van der Waals surface area contributed by atoms with Gasteiger partial charge in [0.2, 0.25) is 11.7 Å². The highest BCUT2D eigenvalue weighted by Gasteiger charge is 2.63. The maximum Gasteiger partial charge on any atom is 0.255 e. The number of rotatable bonds is 8. The average Bonchev–Trinajstić information content (AvgIpc) is 2.87. The molecule has 14 nitrogen and oxygen atoms in total. The van der Waals surface area contributed by atoms with Crippen LogP contribution in [0.4, 0.5) is 11.4 Å². The lowest BCUT2D eigenvalue weighted by Gasteiger charge is -2.50. The van der Waals surface area contributed by atoms with Gasteiger partial charge in [0.05, 0.1) is 30.4 Å². The number of aliphatic hydroxyl groups is 4. The van der Waals surface area contributed by atoms with Crippen LogP contribution < -0.4 is 21.3 Å². The molecule has 222 valence electrons. The number of carbonyl (C=O) groups is 4. The lowest BCUT2D eigenvalue weighted by molar-refractivity contribution is -0.148. The third-order valence-electron chi connectivity index (χ3n) is 8.03. The topological polar surface area (TPSA) is 226 Å². The van der Waals surface area contributed by atoms with Crippen molar-refractivity contribution >= 4 is 34.8 Å². The number of allylic oxidation sites excluding steroid dienone is 1. The van der Waals surface area contributed by atoms with Crippen LogP contribution in [0.25, 0.3) is 0 Å². The van der Waals surface area contributed by atoms with Gasteiger partial charge < -0.3 is 46.8 Å². The number of likely N-dealkylation sites (N-methyl/N-ethyl adjacent to an activating group) is 1. The lowest BCUT2D eigenvalue weighted by Crippen LogP contribution is -2.63. The Morgan fingerprint density at radius 2 is 1.80 bits per heavy atom. The lowest BCUT2D eigenvalue weighted by atomic mass is 9.58. The number of phenols is 1. The van der Waals surface area contributed by atoms with E-state index in [-0.39, 0.29) is 49.4 Å². The Kier molecular flexibility index (Phi) is 7.88. The third kappa shape index (κ3) is 4.62. The number of amides is 2. The number of aliphatic hydroxyl groups excluding tert-OH is 3. The summed E-state index contributed by atoms with van der Waals surface area (Å²) in [5, 5.41) is 59.3. The molecule has 0 radical (unpaired) electrons. The number of ketones is 2. The quantitative estimate of drug-likeness (QED) is 0.103. The molecule has 14 heteroatoms. The fourth-order valence-electron chi connectivity index (χ4n) is 6.27. The second kappa shape index (κ2) is 10.8. The van der Waals surface area contributed by atoms with E-state index in [4.69, 9.17) is 10.8 Å². The van der Waals surface area contributed by atoms with Crippen LogP contribution in [-0.4, -0.2) is 113 Å². The molecule has 3 aliphatic rings. The molecule has 9 N–H and O–H groups in total. The van der Waals surface area contributed by atoms with E-state index in [1.54, 1.807) is 33.1 Å². The second-order valence-corrected chi connectivity index (χ2v) is 11.0. The average molecular weight is 574 g/mol. The van der Waals surface area contributed by atoms with E-state index in [9.17, 15) is 39.6 Å². The highest BCUT2D eigenvalue weighted by molar-refractivity contribution is 6.25. The minimum Gasteiger partial charge on any atom is -0.510 e. The molecular formula is C27H35N5O9. The molecular weight excluding hydrogens is 538 g/mol. The third-order valence-corrected chi connectivity index (χ3v) is 8.03. The number of carbonyl (C=O) groups excluding carboxylic acids is 4. The summed E-state index contributed by atoms with van der Waals surface area (Å²) >= 11 is 0. The van der Waals surface area contributed by atoms with Gasteiger partial charge in [-0.15, -0.1) is 0 Å². The minimum atomic E-state index is -2.74. The number of Topliss-reactive ketones (excluding diaryl/α,β-unsaturated/α-hetero) is 2. The molecule has 4 atom stereocenters. The van der Waals surface area contributed by atoms with Crippen LogP contribution in [0, 0.1) is 11.8 Å². The van der Waals surface area contributed by atoms with Crippen molar-refractivity contribution in [2.45, 2.75) is 24.5 Å². The van der Waals surface area contributed by atoms with Crippen LogP contribution in [-0.2, 0) is 20.8 Å². The number of hydrogen-bond acceptors (Lipinski definition) is 12. The number of phenolic OH excluding ortho intramolecular Hbond substituents is 1. The van der Waals surface area contributed by atoms with Crippen LogP contribution in [0.5, 0.6) is 5.75 Å². The Morgan fingerprint density at radius 3 is 2.37 bits per heavy atom. The number of primary amides is 1. The molecule has 0 bridgehead atoms. The molecule has 0 saturated carbocycles. The molecule has 1 aromatic rings. The molecule has 41 heavy (non-hydrogen) atoms. The first-order valence-electron chi connectivity index (χ1n) is 13.0. The molecule has 0 aromatic heterocycles. The molecule has 0 heterocycles. The van der Waals surface area contributed by atoms with Crippen molar-refractivity contribution < 1.29 is 44.7 Å². The number of aromatic hydroxyl groups is 1. The molecule has 1 aromatic carbocycles. The van der Waals surface area contributed by atoms with Crippen molar-refractivity contribution in [2.24, 2.45) is 17.6 Å². The highest BCUT2D eigenvalue weighted by Crippen LogP contribution is 2.53. The first-order valence-corrected chi connectivity index (χ1v) is 13.0. The van der Waals surface area contributed by atoms with E-state index >= 15 is 0 Å². The predicted octanol–water partition coefficient (Wildman–Crippen LogP) is -1.29. The van der Waals surface area contributed by atoms with Gasteiger partial charge in [-0.2, -0.15) is 0 Å². The summed E-state index contributed by atoms with van der Waals surface area (Å²) in [7, 11) is 6.55. The number of nitrogens with one attached hydrogen (secondary N) is 2. The number of fused-ring (bicyclic) bond motifs is 3. The Morgan fingerprint density at radius 1 is 1.15 bits per heavy atom. The van der Waals surface area contributed by atoms with Gasteiger partial charge in [0.15, 0.2) is 17.1 Å². The van der Waals surface area contributed by atoms with Gasteiger partial charge in [0.25, 0.3) is 5.91 Å². The van der Waals surface area contributed by atoms with Gasteiger partial charge in [-0.25, -0.2) is 0 Å². The smallest absolute Gasteiger partial charge is 0.255 e. The van der Waals surface area contributed by atoms with Crippen molar-refractivity contribution in [2.75, 3.05) is 58.1 Å². The molecule has 3 aliphatic carbocycles. The number of hydrogen-bond donors (Lipinski definition) is 8. The van der Waals surface area contributed by atoms with Crippen LogP contribution in [0.2, 0.25) is 0 Å². The summed E-state index contributed by atoms with van der Waals surface area (Å²) in [6, 6.07) is 0.429. The first-order chi connectivity index (χ1) is 19.2. The number of nitrogens with two attached hydrogens (primary N) is 1. The zero-order chi connectivity index (χ0) is 30.5. The van der Waals surface area contributed by atoms with E-state index in [1.165, 1.54) is 11.0 Å². The monoisotopic (exact) mass is 573 g/mol. The summed E-state index contributed by atoms with van der Waals surface area (Å²) < 4.78 is 0. The van der Waals surface area contributed by atoms with Crippen molar-refractivity contribution in [3.8, 4) is 5.75 Å². The van der Waals surface area contributed by atoms with Crippen LogP contribution in [0.1, 0.15) is 22.3 Å². The zero-order valence-corrected chi connectivity index (χ0v) is 23.2. The van der Waals surface area contributed by atoms with Crippen LogP contribution in [0.15, 0.2) is 28.7 Å². The Bertz CT molecular complexity index is 1400. The van der Waals surface area contributed by atoms with Crippen molar-refractivity contribution in [1.29, 1.82) is 0 Å². The molecule has 2 unspecified atom stereocenters. The van der Waals surface area contributed by atoms with Gasteiger partial charge in [0.1, 0.15) is 17.1 Å². The van der Waals surface area contributed by atoms with E-state index < -0.39 is 69.7 Å². The normalized spacial score (nSPS) is 25.6. The standard InChI is InChI=1S/C27H35N5O9/c1-31(2)15-9-14(30-16(34)10-29-5-6-33)21(35)18-12(15)7-11-8-13-20(32(3)4)23(37)19(26(28)40)25(39)27(13,41)24(38)17(11)22(18)36/h9,11,13,20,29,33,35,37-38,41H,5-8,10H2,1-4H3,(H2,28,40)(H,30,34)/t11?,13?,20-,27-/m0/s1. The Hall–Kier alpha value is -3.98. The second-order valence-electron chi connectivity index (χ2n) is 11.0. The molecule has 2 amide bonds. The maximum atomic E-state index is 14.0. The van der Waals surface area contributed by atoms with E-state index in [2.05, 4.69) is 10.6 Å². The molecule has 0 fully saturated rings. The molecule has 0 aliphatic heterocycles. The summed E-state index contributed by atoms with van der Waals surface area (Å²) in [6.45, 7) is -0.193. The molecule has 0 saturated heterocycles. The van der Waals surface area contributed by atoms with Gasteiger partial charge in [0, 0.05) is 37.8 Å². The highest BCUT2D eigenvalue weighted by atomic mass is 16.3. The van der Waals surface area contributed by atoms with Crippen LogP contribution >= 0.6 is 0 Å². The fourth-order valence-corrected chi connectivity index (χ4v) is 6.27. The summed E-state index contributed by atoms with van der Waals surface area (Å²) in [4.78, 5) is 55.1. The SMILES string of the molecule is CN(C)c1cc(NC(=O)CNCCO)c(O)c2c1CC1CC3[C@H](N(C)C)C(O)=C(C(N)=O)C(=O)[C@@]3(O)C(O)=C1C2=O. The largest absolute Gasteiger partial charge is 0.510 e. The first kappa shape index (κ1) is 30.0. The van der Waals surface area contributed by atoms with E-state index in [1.807, 2.05) is 0 Å². The van der Waals surface area contributed by atoms with Crippen LogP contribution in [0.3, 0.4) is 0 Å². The summed E-state index contributed by atoms with van der Waals surface area (Å²) in [5.74, 6) is -8.04. The Labute approximate surface area is 235 Å². The minimum absolute atomic E-state index is 0.0333. The summed E-state index contributed by atoms with van der Waals surface area (Å²) in [6.07, 6.45) is 0.0797. The predicted molar refractivity (Wildman–Crippen MR) is 147 cm³/mol. The number of anilines is 2. The zero-order valence-electron chi connectivity index (χ0n) is 23.2. The van der Waals surface area contributed by atoms with Crippen molar-refractivity contribution in [3.05, 3.63) is 39.9 Å². The molecule has 0 spiro atoms. The van der Waals surface area contributed by atoms with Gasteiger partial charge in [-0.3, -0.25) is 24.1 Å². The van der Waals surface area contributed by atoms with Gasteiger partial charge in [-0.05, 0) is 44.5 Å².